The summed E-state index contributed by atoms with van der Waals surface area (Å²) in [7, 11) is 0. The Morgan fingerprint density at radius 3 is 1.92 bits per heavy atom. The zero-order valence-electron chi connectivity index (χ0n) is 28.2. The second-order valence-electron chi connectivity index (χ2n) is 12.6. The summed E-state index contributed by atoms with van der Waals surface area (Å²) >= 11 is 0. The van der Waals surface area contributed by atoms with Crippen molar-refractivity contribution < 1.29 is 28.0 Å². The summed E-state index contributed by atoms with van der Waals surface area (Å²) in [6.07, 6.45) is 4.61. The number of nitrogens with two attached hydrogens (primary N) is 1. The zero-order valence-corrected chi connectivity index (χ0v) is 28.2. The van der Waals surface area contributed by atoms with Gasteiger partial charge >= 0.3 is 0 Å². The van der Waals surface area contributed by atoms with E-state index in [2.05, 4.69) is 31.7 Å². The van der Waals surface area contributed by atoms with E-state index in [0.717, 1.165) is 0 Å². The fourth-order valence-corrected chi connectivity index (χ4v) is 5.90. The van der Waals surface area contributed by atoms with Crippen LogP contribution < -0.4 is 32.5 Å². The molecule has 0 bridgehead atoms. The van der Waals surface area contributed by atoms with Gasteiger partial charge in [0.25, 0.3) is 0 Å². The first kappa shape index (κ1) is 38.1. The van der Waals surface area contributed by atoms with Crippen LogP contribution in [0.4, 0.5) is 8.78 Å². The van der Waals surface area contributed by atoms with Gasteiger partial charge in [0, 0.05) is 12.5 Å². The Morgan fingerprint density at radius 1 is 0.896 bits per heavy atom. The van der Waals surface area contributed by atoms with Crippen LogP contribution in [0.15, 0.2) is 53.5 Å². The summed E-state index contributed by atoms with van der Waals surface area (Å²) < 4.78 is 27.6. The minimum atomic E-state index is -1.29. The minimum Gasteiger partial charge on any atom is -0.343 e. The average molecular weight is 670 g/mol. The molecule has 4 amide bonds. The van der Waals surface area contributed by atoms with E-state index in [-0.39, 0.29) is 18.2 Å². The fourth-order valence-electron chi connectivity index (χ4n) is 5.90. The summed E-state index contributed by atoms with van der Waals surface area (Å²) in [5, 5.41) is 11.7. The predicted octanol–water partition coefficient (Wildman–Crippen LogP) is 3.69. The number of hydrazine groups is 1. The van der Waals surface area contributed by atoms with Crippen molar-refractivity contribution in [1.29, 1.82) is 0 Å². The van der Waals surface area contributed by atoms with Gasteiger partial charge < -0.3 is 26.7 Å². The van der Waals surface area contributed by atoms with Crippen molar-refractivity contribution in [1.82, 2.24) is 26.7 Å². The summed E-state index contributed by atoms with van der Waals surface area (Å²) in [6, 6.07) is 9.51. The Kier molecular flexibility index (Phi) is 14.0. The molecule has 7 N–H and O–H groups in total. The third-order valence-corrected chi connectivity index (χ3v) is 9.03. The highest BCUT2D eigenvalue weighted by Gasteiger charge is 2.45. The lowest BCUT2D eigenvalue weighted by Gasteiger charge is -2.36. The number of rotatable bonds is 17. The molecule has 0 saturated heterocycles. The quantitative estimate of drug-likeness (QED) is 0.0494. The number of carbonyl (C=O) groups is 4. The number of amides is 4. The highest BCUT2D eigenvalue weighted by molar-refractivity contribution is 5.97. The van der Waals surface area contributed by atoms with Crippen LogP contribution in [0.1, 0.15) is 96.2 Å². The maximum absolute atomic E-state index is 14.2. The first-order valence-corrected chi connectivity index (χ1v) is 16.6. The van der Waals surface area contributed by atoms with E-state index >= 15 is 0 Å². The van der Waals surface area contributed by atoms with Crippen LogP contribution in [0.5, 0.6) is 0 Å². The SMILES string of the molecule is CCC(CC)(NC(=O)C(C)C)C(=O)N[C@@H](CCCN=CNN)C(=O)NC1(C(=O)NC(c2ccc(F)cc2)c2ccc(F)cc2)CCCC1. The Hall–Kier alpha value is -4.39. The van der Waals surface area contributed by atoms with Crippen molar-refractivity contribution in [2.45, 2.75) is 102 Å². The van der Waals surface area contributed by atoms with E-state index in [1.807, 2.05) is 0 Å². The van der Waals surface area contributed by atoms with Crippen molar-refractivity contribution in [3.63, 3.8) is 0 Å². The lowest BCUT2D eigenvalue weighted by Crippen LogP contribution is -2.64. The van der Waals surface area contributed by atoms with Crippen LogP contribution in [-0.2, 0) is 19.2 Å². The van der Waals surface area contributed by atoms with E-state index in [1.54, 1.807) is 52.0 Å². The van der Waals surface area contributed by atoms with Gasteiger partial charge in [-0.05, 0) is 73.9 Å². The largest absolute Gasteiger partial charge is 0.343 e. The number of hydrogen-bond acceptors (Lipinski definition) is 6. The minimum absolute atomic E-state index is 0.201. The smallest absolute Gasteiger partial charge is 0.246 e. The maximum Gasteiger partial charge on any atom is 0.246 e. The van der Waals surface area contributed by atoms with Gasteiger partial charge in [-0.3, -0.25) is 24.2 Å². The van der Waals surface area contributed by atoms with Crippen molar-refractivity contribution in [2.24, 2.45) is 16.8 Å². The van der Waals surface area contributed by atoms with Crippen molar-refractivity contribution in [2.75, 3.05) is 6.54 Å². The molecule has 1 atom stereocenters. The number of nitrogens with one attached hydrogen (secondary N) is 5. The summed E-state index contributed by atoms with van der Waals surface area (Å²) in [4.78, 5) is 58.8. The van der Waals surface area contributed by atoms with Crippen LogP contribution in [0.2, 0.25) is 0 Å². The Balaban J connectivity index is 1.90. The van der Waals surface area contributed by atoms with Gasteiger partial charge in [-0.25, -0.2) is 14.6 Å². The van der Waals surface area contributed by atoms with Crippen LogP contribution >= 0.6 is 0 Å². The second kappa shape index (κ2) is 17.7. The monoisotopic (exact) mass is 669 g/mol. The zero-order chi connectivity index (χ0) is 35.3. The molecule has 262 valence electrons. The molecule has 1 aliphatic rings. The highest BCUT2D eigenvalue weighted by atomic mass is 19.1. The molecule has 13 heteroatoms. The van der Waals surface area contributed by atoms with E-state index < -0.39 is 52.5 Å². The van der Waals surface area contributed by atoms with Gasteiger partial charge in [-0.15, -0.1) is 0 Å². The predicted molar refractivity (Wildman–Crippen MR) is 180 cm³/mol. The molecule has 1 fully saturated rings. The topological polar surface area (TPSA) is 167 Å². The molecule has 1 aliphatic carbocycles. The van der Waals surface area contributed by atoms with E-state index in [0.29, 0.717) is 62.6 Å². The Morgan fingerprint density at radius 2 is 1.44 bits per heavy atom. The standard InChI is InChI=1S/C35H49F2N7O4/c1-5-34(6-2,43-30(45)23(3)4)32(47)41-28(10-9-21-39-22-40-38)31(46)44-35(19-7-8-20-35)33(48)42-29(24-11-15-26(36)16-12-24)25-13-17-27(37)18-14-25/h11-18,22-23,28-29H,5-10,19-21,38H2,1-4H3,(H,39,40)(H,41,47)(H,42,48)(H,43,45)(H,44,46)/t28-/m0/s1. The molecule has 48 heavy (non-hydrogen) atoms. The summed E-state index contributed by atoms with van der Waals surface area (Å²) in [5.41, 5.74) is 0.946. The van der Waals surface area contributed by atoms with Gasteiger partial charge in [0.15, 0.2) is 0 Å². The number of hydrogen-bond donors (Lipinski definition) is 6. The van der Waals surface area contributed by atoms with Crippen molar-refractivity contribution in [3.05, 3.63) is 71.3 Å². The first-order valence-electron chi connectivity index (χ1n) is 16.6. The normalized spacial score (nSPS) is 14.9. The second-order valence-corrected chi connectivity index (χ2v) is 12.6. The third kappa shape index (κ3) is 9.82. The Labute approximate surface area is 281 Å². The molecule has 1 saturated carbocycles. The molecule has 0 unspecified atom stereocenters. The molecule has 2 aromatic carbocycles. The lowest BCUT2D eigenvalue weighted by atomic mass is 9.89. The number of aliphatic imine (C=N–C) groups is 1. The summed E-state index contributed by atoms with van der Waals surface area (Å²) in [6.45, 7) is 7.38. The molecular weight excluding hydrogens is 620 g/mol. The van der Waals surface area contributed by atoms with Crippen LogP contribution in [0.3, 0.4) is 0 Å². The number of nitrogens with zero attached hydrogens (tertiary/aromatic N) is 1. The number of halogens is 2. The number of carbonyl (C=O) groups excluding carboxylic acids is 4. The highest BCUT2D eigenvalue weighted by Crippen LogP contribution is 2.32. The lowest BCUT2D eigenvalue weighted by molar-refractivity contribution is -0.139. The van der Waals surface area contributed by atoms with E-state index in [9.17, 15) is 28.0 Å². The van der Waals surface area contributed by atoms with E-state index in [4.69, 9.17) is 5.84 Å². The third-order valence-electron chi connectivity index (χ3n) is 9.03. The van der Waals surface area contributed by atoms with Gasteiger partial charge in [-0.1, -0.05) is 64.8 Å². The molecule has 0 aromatic heterocycles. The van der Waals surface area contributed by atoms with Gasteiger partial charge in [-0.2, -0.15) is 0 Å². The van der Waals surface area contributed by atoms with E-state index in [1.165, 1.54) is 30.6 Å². The molecule has 3 rings (SSSR count). The molecule has 0 spiro atoms. The summed E-state index contributed by atoms with van der Waals surface area (Å²) in [5.74, 6) is 2.25. The van der Waals surface area contributed by atoms with Gasteiger partial charge in [0.1, 0.15) is 28.8 Å². The van der Waals surface area contributed by atoms with Crippen LogP contribution in [-0.4, -0.2) is 53.6 Å². The maximum atomic E-state index is 14.2. The molecule has 0 radical (unpaired) electrons. The van der Waals surface area contributed by atoms with Crippen LogP contribution in [0, 0.1) is 17.6 Å². The first-order chi connectivity index (χ1) is 22.9. The fraction of sp³-hybridized carbons (Fsp3) is 0.514. The molecule has 0 aliphatic heterocycles. The van der Waals surface area contributed by atoms with Crippen LogP contribution in [0.25, 0.3) is 0 Å². The average Bonchev–Trinajstić information content (AvgIpc) is 3.55. The van der Waals surface area contributed by atoms with Gasteiger partial charge in [0.2, 0.25) is 23.6 Å². The Bertz CT molecular complexity index is 1360. The van der Waals surface area contributed by atoms with Crippen molar-refractivity contribution >= 4 is 30.0 Å². The number of benzene rings is 2. The van der Waals surface area contributed by atoms with Crippen molar-refractivity contribution in [3.8, 4) is 0 Å². The molecule has 0 heterocycles. The molecule has 2 aromatic rings. The molecular formula is C35H49F2N7O4. The van der Waals surface area contributed by atoms with Gasteiger partial charge in [0.05, 0.1) is 12.4 Å². The molecule has 11 nitrogen and oxygen atoms in total.